The maximum Gasteiger partial charge on any atom is 0.276 e. The van der Waals surface area contributed by atoms with Crippen LogP contribution in [-0.4, -0.2) is 23.5 Å². The monoisotopic (exact) mass is 461 g/mol. The van der Waals surface area contributed by atoms with Gasteiger partial charge in [-0.1, -0.05) is 45.8 Å². The minimum absolute atomic E-state index is 0.0219. The number of ether oxygens (including phenoxy) is 1. The van der Waals surface area contributed by atoms with E-state index in [0.717, 1.165) is 21.2 Å². The lowest BCUT2D eigenvalue weighted by molar-refractivity contribution is -0.123. The van der Waals surface area contributed by atoms with Gasteiger partial charge in [-0.15, -0.1) is 0 Å². The summed E-state index contributed by atoms with van der Waals surface area (Å²) in [5, 5.41) is 2.42. The normalized spacial score (nSPS) is 10.4. The molecule has 8 heteroatoms. The van der Waals surface area contributed by atoms with Crippen LogP contribution >= 0.6 is 28.1 Å². The zero-order valence-corrected chi connectivity index (χ0v) is 17.8. The number of amides is 2. The molecular formula is C20H20BrN3O3S. The topological polar surface area (TPSA) is 79.5 Å². The Bertz CT molecular complexity index is 898. The van der Waals surface area contributed by atoms with Crippen LogP contribution in [0.2, 0.25) is 0 Å². The molecule has 0 bridgehead atoms. The van der Waals surface area contributed by atoms with E-state index in [1.54, 1.807) is 12.1 Å². The maximum atomic E-state index is 11.8. The van der Waals surface area contributed by atoms with Crippen LogP contribution in [0.4, 0.5) is 0 Å². The number of hydrazine groups is 1. The van der Waals surface area contributed by atoms with Crippen LogP contribution in [-0.2, 0) is 9.59 Å². The fourth-order valence-corrected chi connectivity index (χ4v) is 2.45. The van der Waals surface area contributed by atoms with E-state index in [0.29, 0.717) is 5.75 Å². The van der Waals surface area contributed by atoms with E-state index in [1.165, 1.54) is 6.08 Å². The number of carbonyl (C=O) groups is 2. The van der Waals surface area contributed by atoms with Gasteiger partial charge in [0.15, 0.2) is 11.7 Å². The van der Waals surface area contributed by atoms with Crippen molar-refractivity contribution in [2.24, 2.45) is 0 Å². The van der Waals surface area contributed by atoms with Gasteiger partial charge in [0.25, 0.3) is 5.91 Å². The Kier molecular flexibility index (Phi) is 8.16. The molecule has 0 saturated heterocycles. The molecule has 2 aromatic carbocycles. The number of halogens is 1. The third kappa shape index (κ3) is 7.50. The summed E-state index contributed by atoms with van der Waals surface area (Å²) in [4.78, 5) is 23.6. The van der Waals surface area contributed by atoms with E-state index in [1.807, 2.05) is 50.2 Å². The third-order valence-electron chi connectivity index (χ3n) is 3.56. The van der Waals surface area contributed by atoms with Crippen LogP contribution < -0.4 is 20.9 Å². The van der Waals surface area contributed by atoms with Crippen molar-refractivity contribution >= 4 is 51.2 Å². The fraction of sp³-hybridized carbons (Fsp3) is 0.150. The number of rotatable bonds is 5. The molecule has 2 amide bonds. The van der Waals surface area contributed by atoms with Gasteiger partial charge in [-0.3, -0.25) is 25.8 Å². The summed E-state index contributed by atoms with van der Waals surface area (Å²) in [5.74, 6) is -0.269. The summed E-state index contributed by atoms with van der Waals surface area (Å²) in [6.07, 6.45) is 3.03. The lowest BCUT2D eigenvalue weighted by Crippen LogP contribution is -2.49. The molecule has 0 aliphatic heterocycles. The quantitative estimate of drug-likeness (QED) is 0.362. The molecule has 0 spiro atoms. The Morgan fingerprint density at radius 2 is 1.82 bits per heavy atom. The first-order valence-electron chi connectivity index (χ1n) is 8.37. The highest BCUT2D eigenvalue weighted by Crippen LogP contribution is 2.21. The first-order chi connectivity index (χ1) is 13.3. The van der Waals surface area contributed by atoms with E-state index >= 15 is 0 Å². The van der Waals surface area contributed by atoms with Crippen molar-refractivity contribution in [3.63, 3.8) is 0 Å². The van der Waals surface area contributed by atoms with E-state index < -0.39 is 11.8 Å². The predicted molar refractivity (Wildman–Crippen MR) is 117 cm³/mol. The van der Waals surface area contributed by atoms with Gasteiger partial charge in [0.2, 0.25) is 5.91 Å². The van der Waals surface area contributed by atoms with Crippen molar-refractivity contribution in [2.75, 3.05) is 6.61 Å². The molecule has 0 aliphatic rings. The van der Waals surface area contributed by atoms with Gasteiger partial charge in [-0.2, -0.15) is 0 Å². The molecule has 0 saturated carbocycles. The molecule has 3 N–H and O–H groups in total. The first-order valence-corrected chi connectivity index (χ1v) is 9.57. The highest BCUT2D eigenvalue weighted by molar-refractivity contribution is 9.10. The molecule has 146 valence electrons. The summed E-state index contributed by atoms with van der Waals surface area (Å²) < 4.78 is 6.36. The molecular weight excluding hydrogens is 442 g/mol. The molecule has 0 atom stereocenters. The van der Waals surface area contributed by atoms with Crippen molar-refractivity contribution in [3.05, 3.63) is 69.7 Å². The van der Waals surface area contributed by atoms with Gasteiger partial charge in [0, 0.05) is 10.5 Å². The number of nitrogens with one attached hydrogen (secondary N) is 3. The second-order valence-corrected chi connectivity index (χ2v) is 7.20. The number of benzene rings is 2. The number of thiocarbonyl (C=S) groups is 1. The van der Waals surface area contributed by atoms with Gasteiger partial charge in [-0.25, -0.2) is 0 Å². The molecule has 0 aliphatic carbocycles. The van der Waals surface area contributed by atoms with Gasteiger partial charge in [0.1, 0.15) is 5.75 Å². The minimum atomic E-state index is -0.438. The minimum Gasteiger partial charge on any atom is -0.484 e. The van der Waals surface area contributed by atoms with E-state index in [2.05, 4.69) is 32.1 Å². The van der Waals surface area contributed by atoms with Crippen molar-refractivity contribution in [1.29, 1.82) is 0 Å². The maximum absolute atomic E-state index is 11.8. The lowest BCUT2D eigenvalue weighted by atomic mass is 10.1. The second kappa shape index (κ2) is 10.6. The van der Waals surface area contributed by atoms with E-state index in [4.69, 9.17) is 17.0 Å². The van der Waals surface area contributed by atoms with Crippen LogP contribution in [0, 0.1) is 13.8 Å². The molecule has 0 fully saturated rings. The Labute approximate surface area is 177 Å². The largest absolute Gasteiger partial charge is 0.484 e. The highest BCUT2D eigenvalue weighted by Gasteiger charge is 2.06. The summed E-state index contributed by atoms with van der Waals surface area (Å²) in [7, 11) is 0. The SMILES string of the molecule is Cc1ccc(/C=C/C(=O)NC(=S)NNC(=O)COc2ccc(Br)c(C)c2)cc1. The number of hydrogen-bond donors (Lipinski definition) is 3. The van der Waals surface area contributed by atoms with Crippen LogP contribution in [0.3, 0.4) is 0 Å². The Balaban J connectivity index is 1.70. The molecule has 0 aromatic heterocycles. The molecule has 6 nitrogen and oxygen atoms in total. The summed E-state index contributed by atoms with van der Waals surface area (Å²) in [5.41, 5.74) is 7.85. The second-order valence-electron chi connectivity index (χ2n) is 5.94. The third-order valence-corrected chi connectivity index (χ3v) is 4.65. The fourth-order valence-electron chi connectivity index (χ4n) is 2.05. The van der Waals surface area contributed by atoms with Crippen LogP contribution in [0.25, 0.3) is 6.08 Å². The average molecular weight is 462 g/mol. The highest BCUT2D eigenvalue weighted by atomic mass is 79.9. The predicted octanol–water partition coefficient (Wildman–Crippen LogP) is 3.18. The first kappa shape index (κ1) is 21.6. The molecule has 28 heavy (non-hydrogen) atoms. The summed E-state index contributed by atoms with van der Waals surface area (Å²) in [6, 6.07) is 13.1. The average Bonchev–Trinajstić information content (AvgIpc) is 2.67. The Hall–Kier alpha value is -2.71. The van der Waals surface area contributed by atoms with Crippen LogP contribution in [0.1, 0.15) is 16.7 Å². The molecule has 2 aromatic rings. The van der Waals surface area contributed by atoms with Gasteiger partial charge in [0.05, 0.1) is 0 Å². The van der Waals surface area contributed by atoms with Crippen molar-refractivity contribution in [3.8, 4) is 5.75 Å². The van der Waals surface area contributed by atoms with Crippen LogP contribution in [0.15, 0.2) is 53.0 Å². The van der Waals surface area contributed by atoms with Crippen molar-refractivity contribution in [2.45, 2.75) is 13.8 Å². The van der Waals surface area contributed by atoms with Gasteiger partial charge >= 0.3 is 0 Å². The van der Waals surface area contributed by atoms with E-state index in [9.17, 15) is 9.59 Å². The van der Waals surface area contributed by atoms with Gasteiger partial charge < -0.3 is 4.74 Å². The Morgan fingerprint density at radius 1 is 1.11 bits per heavy atom. The summed E-state index contributed by atoms with van der Waals surface area (Å²) >= 11 is 8.37. The molecule has 0 radical (unpaired) electrons. The molecule has 0 unspecified atom stereocenters. The zero-order valence-electron chi connectivity index (χ0n) is 15.4. The summed E-state index contributed by atoms with van der Waals surface area (Å²) in [6.45, 7) is 3.72. The lowest BCUT2D eigenvalue weighted by Gasteiger charge is -2.11. The standard InChI is InChI=1S/C20H20BrN3O3S/c1-13-3-5-15(6-4-13)7-10-18(25)22-20(28)24-23-19(26)12-27-16-8-9-17(21)14(2)11-16/h3-11H,12H2,1-2H3,(H,23,26)(H2,22,24,25,28)/b10-7+. The van der Waals surface area contributed by atoms with Crippen LogP contribution in [0.5, 0.6) is 5.75 Å². The van der Waals surface area contributed by atoms with Gasteiger partial charge in [-0.05, 0) is 61.5 Å². The van der Waals surface area contributed by atoms with Crippen molar-refractivity contribution < 1.29 is 14.3 Å². The molecule has 2 rings (SSSR count). The zero-order chi connectivity index (χ0) is 20.5. The smallest absolute Gasteiger partial charge is 0.276 e. The van der Waals surface area contributed by atoms with E-state index in [-0.39, 0.29) is 11.7 Å². The number of hydrogen-bond acceptors (Lipinski definition) is 4. The molecule has 0 heterocycles. The number of aryl methyl sites for hydroxylation is 2. The number of carbonyl (C=O) groups excluding carboxylic acids is 2. The van der Waals surface area contributed by atoms with Crippen molar-refractivity contribution in [1.82, 2.24) is 16.2 Å². The Morgan fingerprint density at radius 3 is 2.50 bits per heavy atom.